The Kier molecular flexibility index (Phi) is 5.79. The number of amides is 1. The van der Waals surface area contributed by atoms with Gasteiger partial charge in [-0.1, -0.05) is 20.3 Å². The highest BCUT2D eigenvalue weighted by molar-refractivity contribution is 5.86. The van der Waals surface area contributed by atoms with Gasteiger partial charge in [0, 0.05) is 7.05 Å². The van der Waals surface area contributed by atoms with Crippen molar-refractivity contribution in [2.75, 3.05) is 20.1 Å². The molecular formula is C14H26N2O3. The van der Waals surface area contributed by atoms with E-state index in [0.29, 0.717) is 0 Å². The van der Waals surface area contributed by atoms with E-state index < -0.39 is 12.0 Å². The minimum absolute atomic E-state index is 0.0770. The first-order chi connectivity index (χ1) is 8.86. The van der Waals surface area contributed by atoms with Crippen LogP contribution in [0.25, 0.3) is 0 Å². The molecule has 1 saturated heterocycles. The lowest BCUT2D eigenvalue weighted by Gasteiger charge is -2.38. The minimum Gasteiger partial charge on any atom is -0.480 e. The molecule has 0 aliphatic carbocycles. The van der Waals surface area contributed by atoms with Gasteiger partial charge in [-0.05, 0) is 38.8 Å². The number of carbonyl (C=O) groups is 2. The predicted molar refractivity (Wildman–Crippen MR) is 73.9 cm³/mol. The standard InChI is InChI=1S/C14H26N2O3/c1-10(2)12(16-8-6-5-7-9-16)13(17)15(4)11(3)14(18)19/h10-12H,5-9H2,1-4H3,(H,18,19)/t11-,12+/m0/s1. The van der Waals surface area contributed by atoms with E-state index in [1.54, 1.807) is 14.0 Å². The van der Waals surface area contributed by atoms with Crippen LogP contribution < -0.4 is 0 Å². The lowest BCUT2D eigenvalue weighted by atomic mass is 9.97. The Balaban J connectivity index is 2.80. The molecule has 0 unspecified atom stereocenters. The second kappa shape index (κ2) is 6.89. The second-order valence-corrected chi connectivity index (χ2v) is 5.75. The number of carbonyl (C=O) groups excluding carboxylic acids is 1. The fourth-order valence-electron chi connectivity index (χ4n) is 2.62. The zero-order valence-corrected chi connectivity index (χ0v) is 12.4. The molecule has 0 spiro atoms. The molecule has 0 aromatic carbocycles. The normalized spacial score (nSPS) is 20.1. The van der Waals surface area contributed by atoms with Crippen LogP contribution in [0.3, 0.4) is 0 Å². The molecule has 0 saturated carbocycles. The molecular weight excluding hydrogens is 244 g/mol. The van der Waals surface area contributed by atoms with Crippen molar-refractivity contribution < 1.29 is 14.7 Å². The maximum absolute atomic E-state index is 12.6. The van der Waals surface area contributed by atoms with Crippen LogP contribution in [-0.4, -0.2) is 59.0 Å². The minimum atomic E-state index is -0.961. The van der Waals surface area contributed by atoms with Gasteiger partial charge in [-0.3, -0.25) is 9.69 Å². The molecule has 5 heteroatoms. The molecule has 0 aromatic rings. The SMILES string of the molecule is CC(C)[C@H](C(=O)N(C)[C@@H](C)C(=O)O)N1CCCCC1. The zero-order valence-electron chi connectivity index (χ0n) is 12.4. The monoisotopic (exact) mass is 270 g/mol. The number of rotatable bonds is 5. The quantitative estimate of drug-likeness (QED) is 0.821. The summed E-state index contributed by atoms with van der Waals surface area (Å²) in [6, 6.07) is -0.981. The van der Waals surface area contributed by atoms with Crippen LogP contribution in [0.15, 0.2) is 0 Å². The summed E-state index contributed by atoms with van der Waals surface area (Å²) in [5.74, 6) is -0.849. The van der Waals surface area contributed by atoms with E-state index in [1.165, 1.54) is 11.3 Å². The van der Waals surface area contributed by atoms with Crippen LogP contribution >= 0.6 is 0 Å². The van der Waals surface area contributed by atoms with Crippen LogP contribution in [0.1, 0.15) is 40.0 Å². The summed E-state index contributed by atoms with van der Waals surface area (Å²) >= 11 is 0. The highest BCUT2D eigenvalue weighted by Crippen LogP contribution is 2.20. The average Bonchev–Trinajstić information content (AvgIpc) is 2.37. The predicted octanol–water partition coefficient (Wildman–Crippen LogP) is 1.43. The van der Waals surface area contributed by atoms with Gasteiger partial charge in [-0.2, -0.15) is 0 Å². The topological polar surface area (TPSA) is 60.9 Å². The molecule has 0 radical (unpaired) electrons. The smallest absolute Gasteiger partial charge is 0.326 e. The first-order valence-electron chi connectivity index (χ1n) is 7.09. The Morgan fingerprint density at radius 3 is 2.05 bits per heavy atom. The summed E-state index contributed by atoms with van der Waals surface area (Å²) in [7, 11) is 1.58. The van der Waals surface area contributed by atoms with E-state index in [4.69, 9.17) is 5.11 Å². The maximum Gasteiger partial charge on any atom is 0.326 e. The van der Waals surface area contributed by atoms with E-state index >= 15 is 0 Å². The van der Waals surface area contributed by atoms with Gasteiger partial charge in [0.05, 0.1) is 6.04 Å². The Morgan fingerprint density at radius 2 is 1.63 bits per heavy atom. The molecule has 2 atom stereocenters. The van der Waals surface area contributed by atoms with Gasteiger partial charge in [0.2, 0.25) is 5.91 Å². The lowest BCUT2D eigenvalue weighted by molar-refractivity contribution is -0.151. The first-order valence-corrected chi connectivity index (χ1v) is 7.09. The van der Waals surface area contributed by atoms with Crippen molar-refractivity contribution in [1.82, 2.24) is 9.80 Å². The molecule has 0 aromatic heterocycles. The van der Waals surface area contributed by atoms with Crippen molar-refractivity contribution in [1.29, 1.82) is 0 Å². The van der Waals surface area contributed by atoms with Crippen molar-refractivity contribution in [2.24, 2.45) is 5.92 Å². The van der Waals surface area contributed by atoms with Crippen molar-refractivity contribution in [3.8, 4) is 0 Å². The van der Waals surface area contributed by atoms with Crippen molar-refractivity contribution >= 4 is 11.9 Å². The summed E-state index contributed by atoms with van der Waals surface area (Å²) < 4.78 is 0. The van der Waals surface area contributed by atoms with E-state index in [9.17, 15) is 9.59 Å². The van der Waals surface area contributed by atoms with Gasteiger partial charge in [0.1, 0.15) is 6.04 Å². The molecule has 1 N–H and O–H groups in total. The molecule has 5 nitrogen and oxygen atoms in total. The van der Waals surface area contributed by atoms with Gasteiger partial charge in [-0.25, -0.2) is 4.79 Å². The molecule has 110 valence electrons. The summed E-state index contributed by atoms with van der Waals surface area (Å²) in [5, 5.41) is 9.02. The Bertz CT molecular complexity index is 325. The number of hydrogen-bond donors (Lipinski definition) is 1. The summed E-state index contributed by atoms with van der Waals surface area (Å²) in [5.41, 5.74) is 0. The summed E-state index contributed by atoms with van der Waals surface area (Å²) in [6.45, 7) is 7.47. The van der Waals surface area contributed by atoms with E-state index in [2.05, 4.69) is 4.90 Å². The van der Waals surface area contributed by atoms with Crippen LogP contribution in [0.4, 0.5) is 0 Å². The van der Waals surface area contributed by atoms with Gasteiger partial charge >= 0.3 is 5.97 Å². The molecule has 1 heterocycles. The van der Waals surface area contributed by atoms with Gasteiger partial charge in [0.15, 0.2) is 0 Å². The molecule has 1 fully saturated rings. The fraction of sp³-hybridized carbons (Fsp3) is 0.857. The van der Waals surface area contributed by atoms with Gasteiger partial charge in [-0.15, -0.1) is 0 Å². The Labute approximate surface area is 115 Å². The van der Waals surface area contributed by atoms with E-state index in [0.717, 1.165) is 25.9 Å². The Morgan fingerprint density at radius 1 is 1.11 bits per heavy atom. The third-order valence-electron chi connectivity index (χ3n) is 3.95. The van der Waals surface area contributed by atoms with Crippen LogP contribution in [-0.2, 0) is 9.59 Å². The highest BCUT2D eigenvalue weighted by Gasteiger charge is 2.34. The zero-order chi connectivity index (χ0) is 14.6. The number of likely N-dealkylation sites (tertiary alicyclic amines) is 1. The summed E-state index contributed by atoms with van der Waals surface area (Å²) in [6.07, 6.45) is 3.46. The van der Waals surface area contributed by atoms with Gasteiger partial charge in [0.25, 0.3) is 0 Å². The van der Waals surface area contributed by atoms with Crippen LogP contribution in [0, 0.1) is 5.92 Å². The average molecular weight is 270 g/mol. The van der Waals surface area contributed by atoms with E-state index in [1.807, 2.05) is 13.8 Å². The second-order valence-electron chi connectivity index (χ2n) is 5.75. The number of likely N-dealkylation sites (N-methyl/N-ethyl adjacent to an activating group) is 1. The highest BCUT2D eigenvalue weighted by atomic mass is 16.4. The Hall–Kier alpha value is -1.10. The molecule has 1 amide bonds. The van der Waals surface area contributed by atoms with Crippen LogP contribution in [0.2, 0.25) is 0 Å². The van der Waals surface area contributed by atoms with Crippen molar-refractivity contribution in [3.63, 3.8) is 0 Å². The molecule has 1 rings (SSSR count). The lowest BCUT2D eigenvalue weighted by Crippen LogP contribution is -2.54. The number of piperidine rings is 1. The van der Waals surface area contributed by atoms with Crippen LogP contribution in [0.5, 0.6) is 0 Å². The van der Waals surface area contributed by atoms with Gasteiger partial charge < -0.3 is 10.0 Å². The van der Waals surface area contributed by atoms with Crippen molar-refractivity contribution in [2.45, 2.75) is 52.1 Å². The largest absolute Gasteiger partial charge is 0.480 e. The molecule has 19 heavy (non-hydrogen) atoms. The first kappa shape index (κ1) is 16.0. The molecule has 0 bridgehead atoms. The number of carboxylic acids is 1. The van der Waals surface area contributed by atoms with Crippen molar-refractivity contribution in [3.05, 3.63) is 0 Å². The van der Waals surface area contributed by atoms with E-state index in [-0.39, 0.29) is 17.9 Å². The number of aliphatic carboxylic acids is 1. The molecule has 1 aliphatic rings. The maximum atomic E-state index is 12.6. The third kappa shape index (κ3) is 3.93. The number of nitrogens with zero attached hydrogens (tertiary/aromatic N) is 2. The fourth-order valence-corrected chi connectivity index (χ4v) is 2.62. The molecule has 1 aliphatic heterocycles. The summed E-state index contributed by atoms with van der Waals surface area (Å²) in [4.78, 5) is 27.1. The number of carboxylic acid groups (broad SMARTS) is 1. The number of hydrogen-bond acceptors (Lipinski definition) is 3. The third-order valence-corrected chi connectivity index (χ3v) is 3.95.